The lowest BCUT2D eigenvalue weighted by molar-refractivity contribution is -0.135. The van der Waals surface area contributed by atoms with Crippen molar-refractivity contribution < 1.29 is 17.6 Å². The molecule has 166 valence electrons. The Balaban J connectivity index is 1.38. The number of nitrogens with zero attached hydrogens (tertiary/aromatic N) is 3. The monoisotopic (exact) mass is 445 g/mol. The van der Waals surface area contributed by atoms with Crippen LogP contribution in [0.5, 0.6) is 0 Å². The second-order valence-corrected chi connectivity index (χ2v) is 10.5. The molecule has 4 rings (SSSR count). The minimum Gasteiger partial charge on any atom is -0.369 e. The second-order valence-electron chi connectivity index (χ2n) is 8.30. The third-order valence-electron chi connectivity index (χ3n) is 6.09. The van der Waals surface area contributed by atoms with Gasteiger partial charge in [0.1, 0.15) is 5.82 Å². The van der Waals surface area contributed by atoms with Gasteiger partial charge >= 0.3 is 0 Å². The molecule has 2 saturated heterocycles. The molecule has 0 unspecified atom stereocenters. The molecular weight excluding hydrogens is 417 g/mol. The summed E-state index contributed by atoms with van der Waals surface area (Å²) in [7, 11) is -3.08. The van der Waals surface area contributed by atoms with E-state index in [1.54, 1.807) is 17.0 Å². The van der Waals surface area contributed by atoms with Crippen molar-refractivity contribution in [3.05, 3.63) is 66.0 Å². The third-order valence-corrected chi connectivity index (χ3v) is 7.84. The Morgan fingerprint density at radius 3 is 2.29 bits per heavy atom. The number of rotatable bonds is 6. The van der Waals surface area contributed by atoms with Crippen LogP contribution in [-0.4, -0.2) is 74.4 Å². The van der Waals surface area contributed by atoms with E-state index in [2.05, 4.69) is 9.80 Å². The van der Waals surface area contributed by atoms with Gasteiger partial charge in [0, 0.05) is 44.5 Å². The van der Waals surface area contributed by atoms with Crippen molar-refractivity contribution in [3.8, 4) is 0 Å². The normalized spacial score (nSPS) is 21.2. The van der Waals surface area contributed by atoms with Crippen molar-refractivity contribution >= 4 is 21.4 Å². The van der Waals surface area contributed by atoms with Crippen molar-refractivity contribution in [1.29, 1.82) is 0 Å². The van der Waals surface area contributed by atoms with Gasteiger partial charge in [0.05, 0.1) is 18.1 Å². The highest BCUT2D eigenvalue weighted by atomic mass is 32.2. The number of carbonyl (C=O) groups excluding carboxylic acids is 1. The summed E-state index contributed by atoms with van der Waals surface area (Å²) in [6, 6.07) is 15.9. The van der Waals surface area contributed by atoms with Gasteiger partial charge in [-0.2, -0.15) is 0 Å². The van der Waals surface area contributed by atoms with Crippen molar-refractivity contribution in [3.63, 3.8) is 0 Å². The Kier molecular flexibility index (Phi) is 6.57. The van der Waals surface area contributed by atoms with Gasteiger partial charge in [-0.15, -0.1) is 0 Å². The summed E-state index contributed by atoms with van der Waals surface area (Å²) in [4.78, 5) is 19.3. The quantitative estimate of drug-likeness (QED) is 0.682. The first-order valence-electron chi connectivity index (χ1n) is 10.7. The highest BCUT2D eigenvalue weighted by Crippen LogP contribution is 2.21. The van der Waals surface area contributed by atoms with Gasteiger partial charge in [-0.1, -0.05) is 30.3 Å². The summed E-state index contributed by atoms with van der Waals surface area (Å²) < 4.78 is 37.2. The van der Waals surface area contributed by atoms with E-state index in [4.69, 9.17) is 0 Å². The number of hydrogen-bond acceptors (Lipinski definition) is 5. The zero-order valence-corrected chi connectivity index (χ0v) is 18.3. The highest BCUT2D eigenvalue weighted by molar-refractivity contribution is 7.91. The smallest absolute Gasteiger partial charge is 0.237 e. The van der Waals surface area contributed by atoms with E-state index < -0.39 is 9.84 Å². The van der Waals surface area contributed by atoms with Crippen LogP contribution in [0.4, 0.5) is 10.1 Å². The second kappa shape index (κ2) is 9.36. The molecule has 2 aliphatic rings. The van der Waals surface area contributed by atoms with Crippen LogP contribution in [0.15, 0.2) is 54.6 Å². The third kappa shape index (κ3) is 5.62. The zero-order chi connectivity index (χ0) is 21.8. The van der Waals surface area contributed by atoms with Crippen molar-refractivity contribution in [1.82, 2.24) is 9.80 Å². The maximum Gasteiger partial charge on any atom is 0.237 e. The molecule has 1 amide bonds. The topological polar surface area (TPSA) is 60.9 Å². The molecule has 2 heterocycles. The fourth-order valence-corrected chi connectivity index (χ4v) is 6.05. The van der Waals surface area contributed by atoms with Gasteiger partial charge in [-0.25, -0.2) is 12.8 Å². The van der Waals surface area contributed by atoms with E-state index in [1.165, 1.54) is 12.1 Å². The molecule has 2 fully saturated rings. The molecule has 0 spiro atoms. The van der Waals surface area contributed by atoms with E-state index in [1.807, 2.05) is 30.3 Å². The summed E-state index contributed by atoms with van der Waals surface area (Å²) in [5.74, 6) is -0.0853. The Hall–Kier alpha value is -2.45. The minimum absolute atomic E-state index is 0.0267. The lowest BCUT2D eigenvalue weighted by Crippen LogP contribution is -2.51. The Bertz CT molecular complexity index is 990. The fraction of sp³-hybridized carbons (Fsp3) is 0.435. The molecule has 8 heteroatoms. The van der Waals surface area contributed by atoms with Gasteiger partial charge in [0.15, 0.2) is 9.84 Å². The maximum absolute atomic E-state index is 13.2. The predicted molar refractivity (Wildman–Crippen MR) is 119 cm³/mol. The van der Waals surface area contributed by atoms with Crippen LogP contribution in [0.3, 0.4) is 0 Å². The molecule has 2 aromatic carbocycles. The number of halogens is 1. The number of sulfone groups is 1. The first-order chi connectivity index (χ1) is 14.9. The zero-order valence-electron chi connectivity index (χ0n) is 17.5. The van der Waals surface area contributed by atoms with Crippen LogP contribution in [-0.2, 0) is 21.2 Å². The minimum atomic E-state index is -3.08. The number of benzene rings is 2. The van der Waals surface area contributed by atoms with Gasteiger partial charge in [-0.05, 0) is 36.2 Å². The molecule has 0 radical (unpaired) electrons. The average molecular weight is 446 g/mol. The molecule has 31 heavy (non-hydrogen) atoms. The largest absolute Gasteiger partial charge is 0.369 e. The van der Waals surface area contributed by atoms with Gasteiger partial charge in [0.25, 0.3) is 0 Å². The molecule has 0 N–H and O–H groups in total. The average Bonchev–Trinajstić information content (AvgIpc) is 3.13. The summed E-state index contributed by atoms with van der Waals surface area (Å²) in [6.45, 7) is 3.68. The molecule has 0 aromatic heterocycles. The molecule has 0 saturated carbocycles. The van der Waals surface area contributed by atoms with E-state index in [0.29, 0.717) is 13.0 Å². The molecule has 6 nitrogen and oxygen atoms in total. The lowest BCUT2D eigenvalue weighted by atomic mass is 10.1. The van der Waals surface area contributed by atoms with Crippen LogP contribution < -0.4 is 4.90 Å². The van der Waals surface area contributed by atoms with Crippen molar-refractivity contribution in [2.75, 3.05) is 49.1 Å². The van der Waals surface area contributed by atoms with E-state index in [9.17, 15) is 17.6 Å². The first kappa shape index (κ1) is 21.8. The SMILES string of the molecule is O=C(CN1CCN(c2ccc(F)cc2)CC1)N(Cc1ccccc1)[C@@H]1CCS(=O)(=O)C1. The van der Waals surface area contributed by atoms with Crippen molar-refractivity contribution in [2.45, 2.75) is 19.0 Å². The number of anilines is 1. The Morgan fingerprint density at radius 2 is 1.68 bits per heavy atom. The molecule has 2 aliphatic heterocycles. The maximum atomic E-state index is 13.2. The van der Waals surface area contributed by atoms with Gasteiger partial charge in [-0.3, -0.25) is 9.69 Å². The number of amides is 1. The number of carbonyl (C=O) groups is 1. The molecule has 0 bridgehead atoms. The van der Waals surface area contributed by atoms with Crippen LogP contribution in [0.25, 0.3) is 0 Å². The predicted octanol–water partition coefficient (Wildman–Crippen LogP) is 2.16. The van der Waals surface area contributed by atoms with E-state index in [-0.39, 0.29) is 35.8 Å². The summed E-state index contributed by atoms with van der Waals surface area (Å²) in [6.07, 6.45) is 0.499. The summed E-state index contributed by atoms with van der Waals surface area (Å²) in [5, 5.41) is 0. The van der Waals surface area contributed by atoms with Crippen molar-refractivity contribution in [2.24, 2.45) is 0 Å². The Labute approximate surface area is 183 Å². The molecule has 2 aromatic rings. The number of hydrogen-bond donors (Lipinski definition) is 0. The van der Waals surface area contributed by atoms with E-state index >= 15 is 0 Å². The molecule has 1 atom stereocenters. The highest BCUT2D eigenvalue weighted by Gasteiger charge is 2.35. The van der Waals surface area contributed by atoms with Crippen LogP contribution in [0.1, 0.15) is 12.0 Å². The fourth-order valence-electron chi connectivity index (χ4n) is 4.32. The van der Waals surface area contributed by atoms with Crippen LogP contribution in [0.2, 0.25) is 0 Å². The van der Waals surface area contributed by atoms with E-state index in [0.717, 1.165) is 37.4 Å². The standard InChI is InChI=1S/C23H28FN3O3S/c24-20-6-8-21(9-7-20)26-13-11-25(12-14-26)17-23(28)27(16-19-4-2-1-3-5-19)22-10-15-31(29,30)18-22/h1-9,22H,10-18H2/t22-/m1/s1. The number of piperazine rings is 1. The first-order valence-corrected chi connectivity index (χ1v) is 12.5. The van der Waals surface area contributed by atoms with Gasteiger partial charge in [0.2, 0.25) is 5.91 Å². The Morgan fingerprint density at radius 1 is 1.00 bits per heavy atom. The summed E-state index contributed by atoms with van der Waals surface area (Å²) in [5.41, 5.74) is 1.98. The van der Waals surface area contributed by atoms with Crippen LogP contribution >= 0.6 is 0 Å². The van der Waals surface area contributed by atoms with Gasteiger partial charge < -0.3 is 9.80 Å². The van der Waals surface area contributed by atoms with Crippen LogP contribution in [0, 0.1) is 5.82 Å². The lowest BCUT2D eigenvalue weighted by Gasteiger charge is -2.37. The summed E-state index contributed by atoms with van der Waals surface area (Å²) >= 11 is 0. The molecular formula is C23H28FN3O3S. The molecule has 0 aliphatic carbocycles.